The van der Waals surface area contributed by atoms with Crippen molar-refractivity contribution in [3.63, 3.8) is 0 Å². The lowest BCUT2D eigenvalue weighted by atomic mass is 10.2. The zero-order valence-corrected chi connectivity index (χ0v) is 16.1. The Morgan fingerprint density at radius 2 is 1.76 bits per heavy atom. The first-order valence-corrected chi connectivity index (χ1v) is 9.96. The van der Waals surface area contributed by atoms with E-state index < -0.39 is 10.0 Å². The summed E-state index contributed by atoms with van der Waals surface area (Å²) in [7, 11) is -3.41. The highest BCUT2D eigenvalue weighted by Crippen LogP contribution is 2.15. The number of hydrogen-bond donors (Lipinski definition) is 2. The Hall–Kier alpha value is -1.35. The van der Waals surface area contributed by atoms with Crippen LogP contribution in [0.4, 0.5) is 5.69 Å². The quantitative estimate of drug-likeness (QED) is 0.647. The van der Waals surface area contributed by atoms with Gasteiger partial charge in [-0.2, -0.15) is 0 Å². The molecule has 1 saturated heterocycles. The number of nitrogens with one attached hydrogen (secondary N) is 2. The van der Waals surface area contributed by atoms with Gasteiger partial charge in [0.05, 0.1) is 5.75 Å². The molecule has 9 heteroatoms. The fourth-order valence-corrected chi connectivity index (χ4v) is 3.55. The average Bonchev–Trinajstić information content (AvgIpc) is 2.59. The molecule has 1 aliphatic rings. The first-order valence-electron chi connectivity index (χ1n) is 8.31. The lowest BCUT2D eigenvalue weighted by Gasteiger charge is -2.36. The number of anilines is 1. The van der Waals surface area contributed by atoms with E-state index in [1.807, 2.05) is 18.2 Å². The third-order valence-corrected chi connectivity index (χ3v) is 5.33. The van der Waals surface area contributed by atoms with Crippen molar-refractivity contribution in [1.82, 2.24) is 15.2 Å². The zero-order chi connectivity index (χ0) is 17.4. The van der Waals surface area contributed by atoms with Crippen LogP contribution in [0, 0.1) is 0 Å². The van der Waals surface area contributed by atoms with Gasteiger partial charge in [0.1, 0.15) is 0 Å². The lowest BCUT2D eigenvalue weighted by Crippen LogP contribution is -2.48. The van der Waals surface area contributed by atoms with Gasteiger partial charge in [-0.25, -0.2) is 8.42 Å². The number of halogens is 1. The normalized spacial score (nSPS) is 15.5. The topological polar surface area (TPSA) is 81.8 Å². The summed E-state index contributed by atoms with van der Waals surface area (Å²) in [6.45, 7) is 6.04. The van der Waals surface area contributed by atoms with Crippen LogP contribution in [0.25, 0.3) is 0 Å². The molecule has 0 aromatic heterocycles. The molecule has 0 unspecified atom stereocenters. The molecule has 1 heterocycles. The number of carbonyl (C=O) groups excluding carboxylic acids is 1. The molecule has 0 bridgehead atoms. The molecule has 1 aliphatic heterocycles. The molecule has 25 heavy (non-hydrogen) atoms. The molecular formula is C16H27ClN4O3S. The Morgan fingerprint density at radius 1 is 1.12 bits per heavy atom. The maximum absolute atomic E-state index is 11.7. The number of rotatable bonds is 8. The third kappa shape index (κ3) is 7.60. The summed E-state index contributed by atoms with van der Waals surface area (Å²) < 4.78 is 22.9. The Balaban J connectivity index is 0.00000312. The number of carbonyl (C=O) groups is 1. The SMILES string of the molecule is CCCS(=O)(=O)NNC(=O)CCN1CCN(c2ccccc2)CC1.Cl. The van der Waals surface area contributed by atoms with Gasteiger partial charge in [-0.05, 0) is 18.6 Å². The first kappa shape index (κ1) is 21.7. The number of amides is 1. The van der Waals surface area contributed by atoms with E-state index in [0.29, 0.717) is 13.0 Å². The Labute approximate surface area is 156 Å². The van der Waals surface area contributed by atoms with Crippen molar-refractivity contribution in [3.05, 3.63) is 30.3 Å². The molecule has 0 atom stereocenters. The molecule has 1 aromatic carbocycles. The summed E-state index contributed by atoms with van der Waals surface area (Å²) in [6.07, 6.45) is 0.789. The van der Waals surface area contributed by atoms with Crippen LogP contribution in [0.3, 0.4) is 0 Å². The van der Waals surface area contributed by atoms with Crippen molar-refractivity contribution in [2.45, 2.75) is 19.8 Å². The number of hydrazine groups is 1. The summed E-state index contributed by atoms with van der Waals surface area (Å²) in [4.78, 5) is 18.4. The Morgan fingerprint density at radius 3 is 2.36 bits per heavy atom. The summed E-state index contributed by atoms with van der Waals surface area (Å²) in [6, 6.07) is 10.3. The van der Waals surface area contributed by atoms with E-state index in [1.54, 1.807) is 6.92 Å². The molecule has 1 aromatic rings. The van der Waals surface area contributed by atoms with E-state index in [0.717, 1.165) is 26.2 Å². The second kappa shape index (κ2) is 10.6. The highest BCUT2D eigenvalue weighted by atomic mass is 35.5. The molecule has 2 rings (SSSR count). The number of para-hydroxylation sites is 1. The molecule has 7 nitrogen and oxygen atoms in total. The smallest absolute Gasteiger partial charge is 0.236 e. The van der Waals surface area contributed by atoms with Crippen LogP contribution in [-0.2, 0) is 14.8 Å². The van der Waals surface area contributed by atoms with Crippen molar-refractivity contribution in [2.24, 2.45) is 0 Å². The summed E-state index contributed by atoms with van der Waals surface area (Å²) in [5, 5.41) is 0. The van der Waals surface area contributed by atoms with E-state index in [1.165, 1.54) is 5.69 Å². The largest absolute Gasteiger partial charge is 0.369 e. The van der Waals surface area contributed by atoms with Crippen LogP contribution >= 0.6 is 12.4 Å². The second-order valence-electron chi connectivity index (χ2n) is 5.88. The van der Waals surface area contributed by atoms with E-state index >= 15 is 0 Å². The molecule has 142 valence electrons. The predicted molar refractivity (Wildman–Crippen MR) is 102 cm³/mol. The van der Waals surface area contributed by atoms with Gasteiger partial charge in [0, 0.05) is 44.8 Å². The van der Waals surface area contributed by atoms with Gasteiger partial charge in [-0.3, -0.25) is 15.1 Å². The minimum Gasteiger partial charge on any atom is -0.369 e. The molecule has 0 aliphatic carbocycles. The number of hydrogen-bond acceptors (Lipinski definition) is 5. The van der Waals surface area contributed by atoms with Crippen LogP contribution in [0.15, 0.2) is 30.3 Å². The molecule has 1 fully saturated rings. The van der Waals surface area contributed by atoms with Gasteiger partial charge in [0.25, 0.3) is 0 Å². The van der Waals surface area contributed by atoms with Gasteiger partial charge in [-0.1, -0.05) is 25.1 Å². The van der Waals surface area contributed by atoms with Crippen molar-refractivity contribution in [3.8, 4) is 0 Å². The van der Waals surface area contributed by atoms with E-state index in [-0.39, 0.29) is 30.5 Å². The van der Waals surface area contributed by atoms with Gasteiger partial charge >= 0.3 is 0 Å². The van der Waals surface area contributed by atoms with E-state index in [9.17, 15) is 13.2 Å². The summed E-state index contributed by atoms with van der Waals surface area (Å²) in [5.41, 5.74) is 3.49. The van der Waals surface area contributed by atoms with Crippen LogP contribution < -0.4 is 15.2 Å². The average molecular weight is 391 g/mol. The molecule has 0 saturated carbocycles. The zero-order valence-electron chi connectivity index (χ0n) is 14.5. The van der Waals surface area contributed by atoms with Crippen LogP contribution in [0.1, 0.15) is 19.8 Å². The lowest BCUT2D eigenvalue weighted by molar-refractivity contribution is -0.121. The van der Waals surface area contributed by atoms with E-state index in [2.05, 4.69) is 32.2 Å². The standard InChI is InChI=1S/C16H26N4O3S.ClH/c1-2-14-24(22,23)18-17-16(21)8-9-19-10-12-20(13-11-19)15-6-4-3-5-7-15;/h3-7,18H,2,8-14H2,1H3,(H,17,21);1H. The van der Waals surface area contributed by atoms with Crippen molar-refractivity contribution in [1.29, 1.82) is 0 Å². The monoisotopic (exact) mass is 390 g/mol. The fourth-order valence-electron chi connectivity index (χ4n) is 2.65. The third-order valence-electron chi connectivity index (χ3n) is 3.97. The van der Waals surface area contributed by atoms with E-state index in [4.69, 9.17) is 0 Å². The summed E-state index contributed by atoms with van der Waals surface area (Å²) >= 11 is 0. The number of sulfonamides is 1. The predicted octanol–water partition coefficient (Wildman–Crippen LogP) is 0.981. The number of nitrogens with zero attached hydrogens (tertiary/aromatic N) is 2. The molecule has 0 radical (unpaired) electrons. The van der Waals surface area contributed by atoms with Gasteiger partial charge in [0.2, 0.25) is 15.9 Å². The highest BCUT2D eigenvalue weighted by molar-refractivity contribution is 7.89. The van der Waals surface area contributed by atoms with Gasteiger partial charge in [0.15, 0.2) is 0 Å². The first-order chi connectivity index (χ1) is 11.5. The van der Waals surface area contributed by atoms with Crippen molar-refractivity contribution < 1.29 is 13.2 Å². The van der Waals surface area contributed by atoms with Gasteiger partial charge < -0.3 is 4.90 Å². The minimum atomic E-state index is -3.41. The van der Waals surface area contributed by atoms with Crippen LogP contribution in [0.2, 0.25) is 0 Å². The number of benzene rings is 1. The van der Waals surface area contributed by atoms with Crippen LogP contribution in [-0.4, -0.2) is 57.7 Å². The molecule has 1 amide bonds. The van der Waals surface area contributed by atoms with Crippen molar-refractivity contribution >= 4 is 34.0 Å². The molecule has 2 N–H and O–H groups in total. The maximum atomic E-state index is 11.7. The molecular weight excluding hydrogens is 364 g/mol. The fraction of sp³-hybridized carbons (Fsp3) is 0.562. The minimum absolute atomic E-state index is 0. The van der Waals surface area contributed by atoms with Crippen LogP contribution in [0.5, 0.6) is 0 Å². The number of piperazine rings is 1. The summed E-state index contributed by atoms with van der Waals surface area (Å²) in [5.74, 6) is -0.297. The highest BCUT2D eigenvalue weighted by Gasteiger charge is 2.18. The second-order valence-corrected chi connectivity index (χ2v) is 7.73. The van der Waals surface area contributed by atoms with Gasteiger partial charge in [-0.15, -0.1) is 17.2 Å². The Kier molecular flexibility index (Phi) is 9.20. The molecule has 0 spiro atoms. The maximum Gasteiger partial charge on any atom is 0.236 e. The van der Waals surface area contributed by atoms with Crippen molar-refractivity contribution in [2.75, 3.05) is 43.4 Å². The Bertz CT molecular complexity index is 620.